The molecule has 2 rings (SSSR count). The molecule has 1 aliphatic carbocycles. The second kappa shape index (κ2) is 5.82. The number of carbonyl (C=O) groups is 1. The number of esters is 1. The van der Waals surface area contributed by atoms with Gasteiger partial charge in [0, 0.05) is 12.1 Å². The van der Waals surface area contributed by atoms with E-state index in [1.54, 1.807) is 30.3 Å². The Hall–Kier alpha value is -2.32. The summed E-state index contributed by atoms with van der Waals surface area (Å²) in [5, 5.41) is 5.12. The molecule has 0 amide bonds. The van der Waals surface area contributed by atoms with E-state index in [0.29, 0.717) is 5.75 Å². The zero-order chi connectivity index (χ0) is 16.4. The Morgan fingerprint density at radius 2 is 1.91 bits per heavy atom. The average molecular weight is 324 g/mol. The fraction of sp³-hybridized carbons (Fsp3) is 0.214. The molecule has 8 heteroatoms. The zero-order valence-electron chi connectivity index (χ0n) is 11.9. The van der Waals surface area contributed by atoms with Gasteiger partial charge in [0.2, 0.25) is 15.6 Å². The summed E-state index contributed by atoms with van der Waals surface area (Å²) >= 11 is 0. The first-order valence-corrected chi connectivity index (χ1v) is 7.86. The second-order valence-electron chi connectivity index (χ2n) is 4.78. The number of allylic oxidation sites excluding steroid dienone is 1. The molecule has 1 aromatic carbocycles. The fourth-order valence-electron chi connectivity index (χ4n) is 2.13. The third kappa shape index (κ3) is 3.29. The highest BCUT2D eigenvalue weighted by atomic mass is 32.2. The van der Waals surface area contributed by atoms with Gasteiger partial charge in [0.1, 0.15) is 5.75 Å². The molecule has 1 atom stereocenters. The first kappa shape index (κ1) is 16.1. The SMILES string of the molecule is COC(=O)C1(Oc2ccccc2)C=C(S(N)(=O)=O)C=C(N)C1. The number of hydrogen-bond acceptors (Lipinski definition) is 6. The van der Waals surface area contributed by atoms with Crippen molar-refractivity contribution in [1.82, 2.24) is 0 Å². The zero-order valence-corrected chi connectivity index (χ0v) is 12.7. The monoisotopic (exact) mass is 324 g/mol. The number of sulfonamides is 1. The Bertz CT molecular complexity index is 740. The van der Waals surface area contributed by atoms with Crippen molar-refractivity contribution in [3.8, 4) is 5.75 Å². The lowest BCUT2D eigenvalue weighted by atomic mass is 9.92. The van der Waals surface area contributed by atoms with Gasteiger partial charge in [0.05, 0.1) is 12.0 Å². The van der Waals surface area contributed by atoms with Crippen LogP contribution in [0.4, 0.5) is 0 Å². The van der Waals surface area contributed by atoms with Crippen molar-refractivity contribution in [2.45, 2.75) is 12.0 Å². The maximum Gasteiger partial charge on any atom is 0.354 e. The Kier molecular flexibility index (Phi) is 4.25. The van der Waals surface area contributed by atoms with Crippen LogP contribution in [0.25, 0.3) is 0 Å². The van der Waals surface area contributed by atoms with Gasteiger partial charge in [0.25, 0.3) is 0 Å². The average Bonchev–Trinajstić information content (AvgIpc) is 2.45. The number of primary sulfonamides is 1. The third-order valence-corrected chi connectivity index (χ3v) is 3.97. The third-order valence-electron chi connectivity index (χ3n) is 3.07. The van der Waals surface area contributed by atoms with Crippen LogP contribution in [0.5, 0.6) is 5.75 Å². The van der Waals surface area contributed by atoms with Crippen molar-refractivity contribution in [1.29, 1.82) is 0 Å². The van der Waals surface area contributed by atoms with Gasteiger partial charge in [-0.05, 0) is 24.3 Å². The van der Waals surface area contributed by atoms with Gasteiger partial charge in [-0.15, -0.1) is 0 Å². The summed E-state index contributed by atoms with van der Waals surface area (Å²) < 4.78 is 33.6. The van der Waals surface area contributed by atoms with E-state index in [1.807, 2.05) is 0 Å². The van der Waals surface area contributed by atoms with Gasteiger partial charge in [-0.1, -0.05) is 18.2 Å². The molecule has 0 saturated carbocycles. The standard InChI is InChI=1S/C14H16N2O5S/c1-20-13(17)14(21-11-5-3-2-4-6-11)8-10(15)7-12(9-14)22(16,18)19/h2-7,9H,8,15H2,1H3,(H2,16,18,19). The molecule has 0 aromatic heterocycles. The lowest BCUT2D eigenvalue weighted by molar-refractivity contribution is -0.155. The van der Waals surface area contributed by atoms with Gasteiger partial charge in [-0.3, -0.25) is 0 Å². The highest BCUT2D eigenvalue weighted by Crippen LogP contribution is 2.32. The van der Waals surface area contributed by atoms with E-state index < -0.39 is 21.6 Å². The van der Waals surface area contributed by atoms with Crippen molar-refractivity contribution in [3.63, 3.8) is 0 Å². The van der Waals surface area contributed by atoms with E-state index in [0.717, 1.165) is 6.08 Å². The van der Waals surface area contributed by atoms with Crippen molar-refractivity contribution < 1.29 is 22.7 Å². The van der Waals surface area contributed by atoms with Crippen LogP contribution in [0.15, 0.2) is 53.1 Å². The maximum absolute atomic E-state index is 12.2. The van der Waals surface area contributed by atoms with Gasteiger partial charge < -0.3 is 15.2 Å². The molecule has 0 fully saturated rings. The van der Waals surface area contributed by atoms with E-state index in [2.05, 4.69) is 0 Å². The van der Waals surface area contributed by atoms with Gasteiger partial charge in [-0.2, -0.15) is 0 Å². The summed E-state index contributed by atoms with van der Waals surface area (Å²) in [5.41, 5.74) is 4.22. The van der Waals surface area contributed by atoms with Crippen LogP contribution >= 0.6 is 0 Å². The molecular weight excluding hydrogens is 308 g/mol. The minimum atomic E-state index is -4.05. The summed E-state index contributed by atoms with van der Waals surface area (Å²) in [7, 11) is -2.87. The highest BCUT2D eigenvalue weighted by molar-refractivity contribution is 7.93. The predicted octanol–water partition coefficient (Wildman–Crippen LogP) is 0.396. The molecular formula is C14H16N2O5S. The van der Waals surface area contributed by atoms with Crippen molar-refractivity contribution in [3.05, 3.63) is 53.1 Å². The molecule has 1 aromatic rings. The Balaban J connectivity index is 2.53. The number of hydrogen-bond donors (Lipinski definition) is 2. The number of methoxy groups -OCH3 is 1. The van der Waals surface area contributed by atoms with Crippen molar-refractivity contribution in [2.24, 2.45) is 10.9 Å². The van der Waals surface area contributed by atoms with Crippen LogP contribution in [-0.4, -0.2) is 27.1 Å². The summed E-state index contributed by atoms with van der Waals surface area (Å²) in [6.45, 7) is 0. The van der Waals surface area contributed by atoms with Gasteiger partial charge in [-0.25, -0.2) is 18.4 Å². The van der Waals surface area contributed by atoms with E-state index in [-0.39, 0.29) is 17.0 Å². The lowest BCUT2D eigenvalue weighted by Crippen LogP contribution is -2.47. The summed E-state index contributed by atoms with van der Waals surface area (Å²) in [6.07, 6.45) is 2.27. The molecule has 22 heavy (non-hydrogen) atoms. The number of nitrogens with two attached hydrogens (primary N) is 2. The number of para-hydroxylation sites is 1. The van der Waals surface area contributed by atoms with E-state index in [9.17, 15) is 13.2 Å². The molecule has 0 bridgehead atoms. The van der Waals surface area contributed by atoms with E-state index in [4.69, 9.17) is 20.3 Å². The van der Waals surface area contributed by atoms with Crippen LogP contribution in [0.2, 0.25) is 0 Å². The molecule has 1 aliphatic rings. The minimum Gasteiger partial charge on any atom is -0.471 e. The lowest BCUT2D eigenvalue weighted by Gasteiger charge is -2.31. The normalized spacial score (nSPS) is 21.5. The van der Waals surface area contributed by atoms with Crippen LogP contribution in [0.3, 0.4) is 0 Å². The number of carbonyl (C=O) groups excluding carboxylic acids is 1. The van der Waals surface area contributed by atoms with Crippen molar-refractivity contribution in [2.75, 3.05) is 7.11 Å². The molecule has 7 nitrogen and oxygen atoms in total. The highest BCUT2D eigenvalue weighted by Gasteiger charge is 2.44. The second-order valence-corrected chi connectivity index (χ2v) is 6.35. The maximum atomic E-state index is 12.2. The van der Waals surface area contributed by atoms with Crippen LogP contribution in [-0.2, 0) is 19.6 Å². The molecule has 118 valence electrons. The van der Waals surface area contributed by atoms with E-state index in [1.165, 1.54) is 13.2 Å². The van der Waals surface area contributed by atoms with Crippen LogP contribution in [0.1, 0.15) is 6.42 Å². The summed E-state index contributed by atoms with van der Waals surface area (Å²) in [5.74, 6) is -0.402. The number of ether oxygens (including phenoxy) is 2. The Morgan fingerprint density at radius 1 is 1.27 bits per heavy atom. The van der Waals surface area contributed by atoms with Crippen LogP contribution < -0.4 is 15.6 Å². The first-order chi connectivity index (χ1) is 10.3. The molecule has 0 aliphatic heterocycles. The predicted molar refractivity (Wildman–Crippen MR) is 79.9 cm³/mol. The molecule has 1 unspecified atom stereocenters. The van der Waals surface area contributed by atoms with Gasteiger partial charge in [0.15, 0.2) is 0 Å². The topological polar surface area (TPSA) is 122 Å². The van der Waals surface area contributed by atoms with E-state index >= 15 is 0 Å². The Morgan fingerprint density at radius 3 is 2.45 bits per heavy atom. The molecule has 0 spiro atoms. The fourth-order valence-corrected chi connectivity index (χ4v) is 2.80. The van der Waals surface area contributed by atoms with Gasteiger partial charge >= 0.3 is 5.97 Å². The minimum absolute atomic E-state index is 0.0480. The summed E-state index contributed by atoms with van der Waals surface area (Å²) in [6, 6.07) is 8.46. The summed E-state index contributed by atoms with van der Waals surface area (Å²) in [4.78, 5) is 11.9. The Labute approximate surface area is 128 Å². The quantitative estimate of drug-likeness (QED) is 0.773. The largest absolute Gasteiger partial charge is 0.471 e. The molecule has 0 radical (unpaired) electrons. The number of rotatable bonds is 4. The van der Waals surface area contributed by atoms with Crippen LogP contribution in [0, 0.1) is 0 Å². The van der Waals surface area contributed by atoms with Crippen molar-refractivity contribution >= 4 is 16.0 Å². The molecule has 0 heterocycles. The molecule has 4 N–H and O–H groups in total. The smallest absolute Gasteiger partial charge is 0.354 e. The molecule has 0 saturated heterocycles. The first-order valence-electron chi connectivity index (χ1n) is 6.31. The number of benzene rings is 1.